The summed E-state index contributed by atoms with van der Waals surface area (Å²) in [6, 6.07) is 24.9. The molecule has 3 aromatic carbocycles. The first-order valence-electron chi connectivity index (χ1n) is 6.94. The van der Waals surface area contributed by atoms with E-state index in [1.165, 1.54) is 12.1 Å². The molecule has 3 rings (SSSR count). The van der Waals surface area contributed by atoms with E-state index in [-0.39, 0.29) is 33.9 Å². The van der Waals surface area contributed by atoms with Crippen molar-refractivity contribution in [1.82, 2.24) is 0 Å². The van der Waals surface area contributed by atoms with Gasteiger partial charge in [-0.15, -0.1) is 0 Å². The Morgan fingerprint density at radius 2 is 1.00 bits per heavy atom. The number of benzene rings is 3. The Balaban J connectivity index is 0.00000156. The summed E-state index contributed by atoms with van der Waals surface area (Å²) in [5, 5.41) is 0. The molecule has 0 aliphatic heterocycles. The predicted octanol–water partition coefficient (Wildman–Crippen LogP) is 4.54. The number of hydrogen-bond donors (Lipinski definition) is 0. The van der Waals surface area contributed by atoms with Crippen molar-refractivity contribution in [2.24, 2.45) is 0 Å². The summed E-state index contributed by atoms with van der Waals surface area (Å²) in [6.45, 7) is 0. The summed E-state index contributed by atoms with van der Waals surface area (Å²) in [7, 11) is 0. The van der Waals surface area contributed by atoms with Gasteiger partial charge in [0.25, 0.3) is 0 Å². The normalized spacial score (nSPS) is 11.1. The van der Waals surface area contributed by atoms with Crippen molar-refractivity contribution in [3.63, 3.8) is 0 Å². The fraction of sp³-hybridized carbons (Fsp3) is 0.0526. The molecule has 25 heavy (non-hydrogen) atoms. The topological polar surface area (TPSA) is 0 Å². The van der Waals surface area contributed by atoms with Gasteiger partial charge in [0.05, 0.1) is 0 Å². The molecule has 1 atom stereocenters. The van der Waals surface area contributed by atoms with E-state index < -0.39 is 28.5 Å². The number of hydrogen-bond acceptors (Lipinski definition) is 0. The van der Waals surface area contributed by atoms with Gasteiger partial charge in [-0.1, -0.05) is 0 Å². The first-order chi connectivity index (χ1) is 11.1. The molecule has 0 amide bonds. The molecule has 0 aliphatic carbocycles. The van der Waals surface area contributed by atoms with Crippen LogP contribution in [0.25, 0.3) is 0 Å². The van der Waals surface area contributed by atoms with Crippen LogP contribution in [0.15, 0.2) is 84.9 Å². The van der Waals surface area contributed by atoms with Crippen molar-refractivity contribution >= 4 is 46.0 Å². The molecule has 0 fully saturated rings. The molecule has 0 heterocycles. The van der Waals surface area contributed by atoms with Crippen molar-refractivity contribution in [3.8, 4) is 0 Å². The van der Waals surface area contributed by atoms with Gasteiger partial charge >= 0.3 is 139 Å². The number of rotatable bonds is 3. The average molecular weight is 567 g/mol. The average Bonchev–Trinajstić information content (AvgIpc) is 2.57. The van der Waals surface area contributed by atoms with Gasteiger partial charge in [-0.05, 0) is 0 Å². The standard InChI is InChI=1S/C7H4F3.2C6H5.I.H3P.Pd/c8-7(9,10)6-4-2-1-3-5-6;2*1-2-4-6-5-3-1;;;/h1-4H;2*1-5H;;1H3;. The molecule has 0 spiro atoms. The van der Waals surface area contributed by atoms with Gasteiger partial charge in [0.1, 0.15) is 0 Å². The summed E-state index contributed by atoms with van der Waals surface area (Å²) in [6.07, 6.45) is -4.35. The zero-order valence-corrected chi connectivity index (χ0v) is 18.2. The minimum atomic E-state index is -4.35. The van der Waals surface area contributed by atoms with E-state index in [2.05, 4.69) is 0 Å². The Labute approximate surface area is 171 Å². The zero-order chi connectivity index (χ0) is 16.3. The summed E-state index contributed by atoms with van der Waals surface area (Å²) in [5.74, 6) is 0. The predicted molar refractivity (Wildman–Crippen MR) is 108 cm³/mol. The third-order valence-electron chi connectivity index (χ3n) is 3.11. The Bertz CT molecular complexity index is 740. The molecule has 136 valence electrons. The Morgan fingerprint density at radius 1 is 0.600 bits per heavy atom. The first kappa shape index (κ1) is 22.3. The quantitative estimate of drug-likeness (QED) is 0.248. The zero-order valence-electron chi connectivity index (χ0n) is 13.1. The van der Waals surface area contributed by atoms with E-state index in [1.807, 2.05) is 60.7 Å². The van der Waals surface area contributed by atoms with Crippen LogP contribution in [0.4, 0.5) is 13.2 Å². The van der Waals surface area contributed by atoms with Crippen LogP contribution >= 0.6 is 33.9 Å². The summed E-state index contributed by atoms with van der Waals surface area (Å²) in [5.41, 5.74) is -0.534. The molecule has 0 saturated heterocycles. The minimum absolute atomic E-state index is 0. The monoisotopic (exact) mass is 566 g/mol. The summed E-state index contributed by atoms with van der Waals surface area (Å²) < 4.78 is 42.7. The third kappa shape index (κ3) is 5.37. The van der Waals surface area contributed by atoms with Crippen LogP contribution in [0.5, 0.6) is 0 Å². The molecule has 0 aliphatic rings. The van der Waals surface area contributed by atoms with Gasteiger partial charge in [0.15, 0.2) is 0 Å². The van der Waals surface area contributed by atoms with Gasteiger partial charge in [-0.2, -0.15) is 9.90 Å². The van der Waals surface area contributed by atoms with Crippen LogP contribution < -0.4 is 12.1 Å². The molecule has 6 heteroatoms. The smallest absolute Gasteiger partial charge is 0 e. The van der Waals surface area contributed by atoms with E-state index in [0.29, 0.717) is 4.04 Å². The minimum Gasteiger partial charge on any atom is -0.153 e. The molecule has 0 aromatic heterocycles. The SMILES string of the molecule is FC(F)(F)c1cccc[c]1[Pd]([c]1ccccc1)[c]1ccccc1.P.[I]. The van der Waals surface area contributed by atoms with Gasteiger partial charge in [-0.3, -0.25) is 0 Å². The maximum absolute atomic E-state index is 13.5. The number of alkyl halides is 3. The van der Waals surface area contributed by atoms with Crippen LogP contribution in [-0.4, -0.2) is 0 Å². The van der Waals surface area contributed by atoms with E-state index in [1.54, 1.807) is 12.1 Å². The van der Waals surface area contributed by atoms with Gasteiger partial charge in [-0.25, -0.2) is 0 Å². The van der Waals surface area contributed by atoms with Crippen molar-refractivity contribution in [3.05, 3.63) is 90.5 Å². The Hall–Kier alpha value is -0.728. The van der Waals surface area contributed by atoms with Crippen LogP contribution in [-0.2, 0) is 22.9 Å². The second-order valence-electron chi connectivity index (χ2n) is 4.70. The second kappa shape index (κ2) is 9.83. The van der Waals surface area contributed by atoms with Crippen molar-refractivity contribution in [2.45, 2.75) is 6.18 Å². The van der Waals surface area contributed by atoms with Gasteiger partial charge < -0.3 is 0 Å². The van der Waals surface area contributed by atoms with Crippen LogP contribution in [0.3, 0.4) is 0 Å². The largest absolute Gasteiger partial charge is 0.153 e. The van der Waals surface area contributed by atoms with E-state index in [4.69, 9.17) is 0 Å². The maximum Gasteiger partial charge on any atom is 0 e. The fourth-order valence-electron chi connectivity index (χ4n) is 2.13. The summed E-state index contributed by atoms with van der Waals surface area (Å²) >= 11 is -1.89. The van der Waals surface area contributed by atoms with Gasteiger partial charge in [0, 0.05) is 24.0 Å². The van der Waals surface area contributed by atoms with Crippen LogP contribution in [0.1, 0.15) is 5.56 Å². The van der Waals surface area contributed by atoms with E-state index in [0.717, 1.165) is 8.07 Å². The summed E-state index contributed by atoms with van der Waals surface area (Å²) in [4.78, 5) is 0. The molecule has 3 aromatic rings. The first-order valence-corrected chi connectivity index (χ1v) is 9.27. The van der Waals surface area contributed by atoms with Crippen molar-refractivity contribution in [2.75, 3.05) is 0 Å². The molecule has 0 saturated carbocycles. The van der Waals surface area contributed by atoms with Crippen LogP contribution in [0.2, 0.25) is 0 Å². The van der Waals surface area contributed by atoms with Crippen LogP contribution in [0, 0.1) is 0 Å². The molecule has 0 N–H and O–H groups in total. The van der Waals surface area contributed by atoms with Gasteiger partial charge in [0.2, 0.25) is 0 Å². The Morgan fingerprint density at radius 3 is 1.44 bits per heavy atom. The Kier molecular flexibility index (Phi) is 8.77. The van der Waals surface area contributed by atoms with Crippen molar-refractivity contribution < 1.29 is 29.9 Å². The molecule has 1 radical (unpaired) electrons. The van der Waals surface area contributed by atoms with Crippen molar-refractivity contribution in [1.29, 1.82) is 0 Å². The molecule has 1 unspecified atom stereocenters. The number of halogens is 4. The second-order valence-corrected chi connectivity index (χ2v) is 8.50. The fourth-order valence-corrected chi connectivity index (χ4v) is 6.42. The molecule has 0 bridgehead atoms. The molecular formula is C19H17F3IPPd. The molecule has 0 nitrogen and oxygen atoms in total. The maximum atomic E-state index is 13.5. The van der Waals surface area contributed by atoms with E-state index >= 15 is 0 Å². The van der Waals surface area contributed by atoms with E-state index in [9.17, 15) is 13.2 Å². The third-order valence-corrected chi connectivity index (χ3v) is 7.46. The molecular weight excluding hydrogens is 550 g/mol.